The Morgan fingerprint density at radius 3 is 1.31 bits per heavy atom. The molecule has 0 aliphatic carbocycles. The zero-order chi connectivity index (χ0) is 35.6. The Bertz CT molecular complexity index is 3220. The summed E-state index contributed by atoms with van der Waals surface area (Å²) in [5.41, 5.74) is 5.23. The van der Waals surface area contributed by atoms with Gasteiger partial charge in [0.15, 0.2) is 17.5 Å². The molecule has 1 heterocycles. The van der Waals surface area contributed by atoms with Gasteiger partial charge in [0.1, 0.15) is 0 Å². The standard InChI is InChI=1S/C51H31N3/c1-2-13-34(14-3-1)49-52-50(54-51(53-49)37-27-28-44-42-20-9-8-18-40(42)41-19-10-11-21-43(41)47(44)31-37)35-24-22-33(23-25-35)48-39-17-7-5-15-36(39)30-46-38-16-6-4-12-32(38)26-29-45(46)48/h1-31H. The summed E-state index contributed by atoms with van der Waals surface area (Å²) in [7, 11) is 0. The monoisotopic (exact) mass is 685 g/mol. The Balaban J connectivity index is 1.09. The van der Waals surface area contributed by atoms with Gasteiger partial charge in [0.25, 0.3) is 0 Å². The van der Waals surface area contributed by atoms with Crippen molar-refractivity contribution in [1.29, 1.82) is 0 Å². The molecule has 0 unspecified atom stereocenters. The van der Waals surface area contributed by atoms with Crippen LogP contribution < -0.4 is 0 Å². The highest BCUT2D eigenvalue weighted by molar-refractivity contribution is 6.26. The van der Waals surface area contributed by atoms with Crippen molar-refractivity contribution >= 4 is 64.6 Å². The molecule has 0 fully saturated rings. The third-order valence-electron chi connectivity index (χ3n) is 10.9. The van der Waals surface area contributed by atoms with Crippen LogP contribution in [-0.2, 0) is 0 Å². The van der Waals surface area contributed by atoms with Crippen LogP contribution in [0.2, 0.25) is 0 Å². The summed E-state index contributed by atoms with van der Waals surface area (Å²) in [4.78, 5) is 15.3. The molecule has 10 aromatic carbocycles. The highest BCUT2D eigenvalue weighted by Gasteiger charge is 2.17. The average Bonchev–Trinajstić information content (AvgIpc) is 3.25. The molecular formula is C51H31N3. The van der Waals surface area contributed by atoms with Gasteiger partial charge in [-0.1, -0.05) is 176 Å². The van der Waals surface area contributed by atoms with E-state index in [1.54, 1.807) is 0 Å². The molecule has 0 aliphatic heterocycles. The molecule has 0 radical (unpaired) electrons. The summed E-state index contributed by atoms with van der Waals surface area (Å²) < 4.78 is 0. The van der Waals surface area contributed by atoms with Crippen molar-refractivity contribution in [2.45, 2.75) is 0 Å². The molecule has 1 aromatic heterocycles. The first kappa shape index (κ1) is 30.4. The molecule has 0 aliphatic rings. The third-order valence-corrected chi connectivity index (χ3v) is 10.9. The van der Waals surface area contributed by atoms with E-state index in [-0.39, 0.29) is 0 Å². The maximum Gasteiger partial charge on any atom is 0.164 e. The van der Waals surface area contributed by atoms with Crippen molar-refractivity contribution in [3.05, 3.63) is 188 Å². The van der Waals surface area contributed by atoms with Gasteiger partial charge in [0.05, 0.1) is 0 Å². The number of nitrogens with zero attached hydrogens (tertiary/aromatic N) is 3. The summed E-state index contributed by atoms with van der Waals surface area (Å²) in [6.45, 7) is 0. The van der Waals surface area contributed by atoms with Gasteiger partial charge >= 0.3 is 0 Å². The van der Waals surface area contributed by atoms with Crippen LogP contribution in [0.25, 0.3) is 110 Å². The van der Waals surface area contributed by atoms with Gasteiger partial charge in [-0.15, -0.1) is 0 Å². The molecule has 0 saturated heterocycles. The van der Waals surface area contributed by atoms with E-state index < -0.39 is 0 Å². The first-order chi connectivity index (χ1) is 26.8. The second-order valence-electron chi connectivity index (χ2n) is 14.0. The van der Waals surface area contributed by atoms with E-state index in [9.17, 15) is 0 Å². The minimum atomic E-state index is 0.641. The lowest BCUT2D eigenvalue weighted by Crippen LogP contribution is -2.00. The second-order valence-corrected chi connectivity index (χ2v) is 14.0. The van der Waals surface area contributed by atoms with Crippen molar-refractivity contribution < 1.29 is 0 Å². The fourth-order valence-corrected chi connectivity index (χ4v) is 8.31. The van der Waals surface area contributed by atoms with E-state index in [1.165, 1.54) is 70.2 Å². The third kappa shape index (κ3) is 4.87. The van der Waals surface area contributed by atoms with Gasteiger partial charge in [-0.2, -0.15) is 0 Å². The fourth-order valence-electron chi connectivity index (χ4n) is 8.31. The van der Waals surface area contributed by atoms with Crippen LogP contribution >= 0.6 is 0 Å². The fraction of sp³-hybridized carbons (Fsp3) is 0. The summed E-state index contributed by atoms with van der Waals surface area (Å²) in [6, 6.07) is 67.0. The SMILES string of the molecule is c1ccc(-c2nc(-c3ccc(-c4c5ccccc5cc5c4ccc4ccccc45)cc3)nc(-c3ccc4c5ccccc5c5ccccc5c4c3)n2)cc1. The van der Waals surface area contributed by atoms with Gasteiger partial charge in [-0.25, -0.2) is 15.0 Å². The van der Waals surface area contributed by atoms with E-state index in [1.807, 2.05) is 18.2 Å². The quantitative estimate of drug-likeness (QED) is 0.137. The van der Waals surface area contributed by atoms with Crippen molar-refractivity contribution in [2.75, 3.05) is 0 Å². The molecule has 0 bridgehead atoms. The van der Waals surface area contributed by atoms with Crippen molar-refractivity contribution in [3.8, 4) is 45.3 Å². The van der Waals surface area contributed by atoms with Crippen LogP contribution in [-0.4, -0.2) is 15.0 Å². The van der Waals surface area contributed by atoms with E-state index >= 15 is 0 Å². The predicted molar refractivity (Wildman–Crippen MR) is 227 cm³/mol. The van der Waals surface area contributed by atoms with Crippen LogP contribution in [0, 0.1) is 0 Å². The Kier molecular flexibility index (Phi) is 6.86. The lowest BCUT2D eigenvalue weighted by atomic mass is 9.89. The minimum absolute atomic E-state index is 0.641. The van der Waals surface area contributed by atoms with Crippen molar-refractivity contribution in [1.82, 2.24) is 15.0 Å². The Hall–Kier alpha value is -7.23. The smallest absolute Gasteiger partial charge is 0.164 e. The molecule has 250 valence electrons. The number of hydrogen-bond acceptors (Lipinski definition) is 3. The van der Waals surface area contributed by atoms with Crippen LogP contribution in [0.5, 0.6) is 0 Å². The van der Waals surface area contributed by atoms with Crippen LogP contribution in [0.3, 0.4) is 0 Å². The zero-order valence-electron chi connectivity index (χ0n) is 29.2. The van der Waals surface area contributed by atoms with E-state index in [2.05, 4.69) is 170 Å². The molecule has 3 nitrogen and oxygen atoms in total. The number of rotatable bonds is 4. The molecule has 3 heteroatoms. The van der Waals surface area contributed by atoms with Gasteiger partial charge in [-0.3, -0.25) is 0 Å². The average molecular weight is 686 g/mol. The summed E-state index contributed by atoms with van der Waals surface area (Å²) in [6.07, 6.45) is 0. The number of aromatic nitrogens is 3. The van der Waals surface area contributed by atoms with E-state index in [0.29, 0.717) is 17.5 Å². The minimum Gasteiger partial charge on any atom is -0.208 e. The molecule has 0 amide bonds. The number of benzene rings is 10. The molecule has 11 aromatic rings. The highest BCUT2D eigenvalue weighted by Crippen LogP contribution is 2.41. The molecule has 0 spiro atoms. The van der Waals surface area contributed by atoms with Gasteiger partial charge in [0.2, 0.25) is 0 Å². The van der Waals surface area contributed by atoms with Crippen LogP contribution in [0.1, 0.15) is 0 Å². The largest absolute Gasteiger partial charge is 0.208 e. The predicted octanol–water partition coefficient (Wildman–Crippen LogP) is 13.5. The van der Waals surface area contributed by atoms with Crippen molar-refractivity contribution in [2.24, 2.45) is 0 Å². The second kappa shape index (κ2) is 12.2. The topological polar surface area (TPSA) is 38.7 Å². The number of hydrogen-bond donors (Lipinski definition) is 0. The molecule has 0 saturated carbocycles. The normalized spacial score (nSPS) is 11.7. The van der Waals surface area contributed by atoms with E-state index in [0.717, 1.165) is 22.3 Å². The zero-order valence-corrected chi connectivity index (χ0v) is 29.2. The van der Waals surface area contributed by atoms with Crippen LogP contribution in [0.15, 0.2) is 188 Å². The molecule has 54 heavy (non-hydrogen) atoms. The Labute approximate surface area is 311 Å². The van der Waals surface area contributed by atoms with Crippen molar-refractivity contribution in [3.63, 3.8) is 0 Å². The maximum absolute atomic E-state index is 5.16. The number of fused-ring (bicyclic) bond motifs is 10. The first-order valence-corrected chi connectivity index (χ1v) is 18.4. The summed E-state index contributed by atoms with van der Waals surface area (Å²) in [5.74, 6) is 1.94. The summed E-state index contributed by atoms with van der Waals surface area (Å²) >= 11 is 0. The Morgan fingerprint density at radius 1 is 0.222 bits per heavy atom. The first-order valence-electron chi connectivity index (χ1n) is 18.4. The summed E-state index contributed by atoms with van der Waals surface area (Å²) in [5, 5.41) is 14.8. The molecular weight excluding hydrogens is 655 g/mol. The molecule has 0 atom stereocenters. The highest BCUT2D eigenvalue weighted by atomic mass is 15.0. The lowest BCUT2D eigenvalue weighted by molar-refractivity contribution is 1.07. The molecule has 0 N–H and O–H groups in total. The van der Waals surface area contributed by atoms with Crippen LogP contribution in [0.4, 0.5) is 0 Å². The Morgan fingerprint density at radius 2 is 0.648 bits per heavy atom. The maximum atomic E-state index is 5.16. The van der Waals surface area contributed by atoms with Gasteiger partial charge in [0, 0.05) is 16.7 Å². The van der Waals surface area contributed by atoms with Gasteiger partial charge in [-0.05, 0) is 87.9 Å². The van der Waals surface area contributed by atoms with E-state index in [4.69, 9.17) is 15.0 Å². The lowest BCUT2D eigenvalue weighted by Gasteiger charge is -2.15. The van der Waals surface area contributed by atoms with Gasteiger partial charge < -0.3 is 0 Å². The molecule has 11 rings (SSSR count).